The van der Waals surface area contributed by atoms with Crippen molar-refractivity contribution in [1.82, 2.24) is 9.88 Å². The number of aryl methyl sites for hydroxylation is 1. The number of carbonyl (C=O) groups is 1. The molecule has 0 spiro atoms. The van der Waals surface area contributed by atoms with E-state index >= 15 is 0 Å². The number of benzene rings is 2. The number of amides is 1. The van der Waals surface area contributed by atoms with Crippen molar-refractivity contribution in [2.45, 2.75) is 13.5 Å². The summed E-state index contributed by atoms with van der Waals surface area (Å²) in [5.74, 6) is -0.364. The van der Waals surface area contributed by atoms with Crippen LogP contribution < -0.4 is 5.32 Å². The van der Waals surface area contributed by atoms with Crippen molar-refractivity contribution in [2.75, 3.05) is 6.54 Å². The zero-order valence-corrected chi connectivity index (χ0v) is 12.2. The average Bonchev–Trinajstić information content (AvgIpc) is 2.82. The van der Waals surface area contributed by atoms with Gasteiger partial charge in [0.2, 0.25) is 0 Å². The van der Waals surface area contributed by atoms with Crippen LogP contribution in [0.5, 0.6) is 0 Å². The smallest absolute Gasteiger partial charge is 0.268 e. The summed E-state index contributed by atoms with van der Waals surface area (Å²) in [5.41, 5.74) is 4.21. The van der Waals surface area contributed by atoms with Gasteiger partial charge in [-0.2, -0.15) is 0 Å². The zero-order chi connectivity index (χ0) is 15.3. The molecule has 2 heterocycles. The standard InChI is InChI=1S/C18H15FN2O/c1-11-14-9-13(19)10-15(12-5-3-2-4-6-12)17(14)21-8-7-20-18(22)16(11)21/h2-6,9-10H,7-8H2,1H3,(H,20,22). The maximum atomic E-state index is 14.1. The van der Waals surface area contributed by atoms with Crippen LogP contribution in [0.3, 0.4) is 0 Å². The maximum absolute atomic E-state index is 14.1. The molecule has 22 heavy (non-hydrogen) atoms. The van der Waals surface area contributed by atoms with Crippen molar-refractivity contribution in [3.63, 3.8) is 0 Å². The molecule has 0 saturated heterocycles. The van der Waals surface area contributed by atoms with Crippen molar-refractivity contribution >= 4 is 16.8 Å². The van der Waals surface area contributed by atoms with E-state index in [0.29, 0.717) is 18.8 Å². The molecule has 4 rings (SSSR count). The third kappa shape index (κ3) is 1.77. The van der Waals surface area contributed by atoms with Gasteiger partial charge < -0.3 is 9.88 Å². The second kappa shape index (κ2) is 4.70. The van der Waals surface area contributed by atoms with Crippen LogP contribution in [0.4, 0.5) is 4.39 Å². The predicted octanol–water partition coefficient (Wildman–Crippen LogP) is 3.50. The Bertz CT molecular complexity index is 897. The molecule has 110 valence electrons. The number of fused-ring (bicyclic) bond motifs is 3. The quantitative estimate of drug-likeness (QED) is 0.732. The van der Waals surface area contributed by atoms with Crippen LogP contribution >= 0.6 is 0 Å². The van der Waals surface area contributed by atoms with E-state index in [1.807, 2.05) is 41.8 Å². The van der Waals surface area contributed by atoms with Gasteiger partial charge in [0.15, 0.2) is 0 Å². The molecule has 0 bridgehead atoms. The molecule has 0 saturated carbocycles. The summed E-state index contributed by atoms with van der Waals surface area (Å²) >= 11 is 0. The van der Waals surface area contributed by atoms with Crippen LogP contribution in [-0.2, 0) is 6.54 Å². The fraction of sp³-hybridized carbons (Fsp3) is 0.167. The Kier molecular flexibility index (Phi) is 2.79. The van der Waals surface area contributed by atoms with E-state index < -0.39 is 0 Å². The van der Waals surface area contributed by atoms with Gasteiger partial charge in [-0.3, -0.25) is 4.79 Å². The van der Waals surface area contributed by atoms with Crippen LogP contribution in [0.25, 0.3) is 22.0 Å². The number of nitrogens with one attached hydrogen (secondary N) is 1. The molecule has 1 amide bonds. The molecular formula is C18H15FN2O. The Morgan fingerprint density at radius 3 is 2.73 bits per heavy atom. The molecule has 3 aromatic rings. The van der Waals surface area contributed by atoms with E-state index in [2.05, 4.69) is 5.32 Å². The fourth-order valence-electron chi connectivity index (χ4n) is 3.34. The molecule has 0 aliphatic carbocycles. The maximum Gasteiger partial charge on any atom is 0.268 e. The molecule has 4 heteroatoms. The number of aromatic nitrogens is 1. The number of hydrogen-bond donors (Lipinski definition) is 1. The second-order valence-corrected chi connectivity index (χ2v) is 5.60. The number of rotatable bonds is 1. The highest BCUT2D eigenvalue weighted by atomic mass is 19.1. The van der Waals surface area contributed by atoms with Crippen LogP contribution in [0, 0.1) is 12.7 Å². The molecule has 2 aromatic carbocycles. The van der Waals surface area contributed by atoms with Gasteiger partial charge in [-0.1, -0.05) is 30.3 Å². The minimum absolute atomic E-state index is 0.0839. The highest BCUT2D eigenvalue weighted by Crippen LogP contribution is 2.35. The van der Waals surface area contributed by atoms with Crippen molar-refractivity contribution in [3.05, 3.63) is 59.5 Å². The monoisotopic (exact) mass is 294 g/mol. The summed E-state index contributed by atoms with van der Waals surface area (Å²) in [6.45, 7) is 3.19. The van der Waals surface area contributed by atoms with E-state index in [-0.39, 0.29) is 11.7 Å². The van der Waals surface area contributed by atoms with Crippen molar-refractivity contribution in [1.29, 1.82) is 0 Å². The van der Waals surface area contributed by atoms with Crippen molar-refractivity contribution in [2.24, 2.45) is 0 Å². The summed E-state index contributed by atoms with van der Waals surface area (Å²) in [4.78, 5) is 12.2. The first-order chi connectivity index (χ1) is 10.7. The number of halogens is 1. The van der Waals surface area contributed by atoms with Gasteiger partial charge in [0, 0.05) is 24.0 Å². The Morgan fingerprint density at radius 1 is 1.18 bits per heavy atom. The lowest BCUT2D eigenvalue weighted by atomic mass is 10.0. The zero-order valence-electron chi connectivity index (χ0n) is 12.2. The summed E-state index contributed by atoms with van der Waals surface area (Å²) in [6.07, 6.45) is 0. The van der Waals surface area contributed by atoms with Gasteiger partial charge in [-0.25, -0.2) is 4.39 Å². The highest BCUT2D eigenvalue weighted by molar-refractivity contribution is 6.06. The number of nitrogens with zero attached hydrogens (tertiary/aromatic N) is 1. The highest BCUT2D eigenvalue weighted by Gasteiger charge is 2.25. The second-order valence-electron chi connectivity index (χ2n) is 5.60. The van der Waals surface area contributed by atoms with Gasteiger partial charge in [-0.05, 0) is 30.2 Å². The lowest BCUT2D eigenvalue weighted by Gasteiger charge is -2.18. The van der Waals surface area contributed by atoms with Gasteiger partial charge in [0.1, 0.15) is 11.5 Å². The molecule has 3 nitrogen and oxygen atoms in total. The molecule has 1 aromatic heterocycles. The molecule has 1 aliphatic rings. The molecule has 1 N–H and O–H groups in total. The van der Waals surface area contributed by atoms with Gasteiger partial charge in [0.05, 0.1) is 5.52 Å². The van der Waals surface area contributed by atoms with Crippen molar-refractivity contribution < 1.29 is 9.18 Å². The van der Waals surface area contributed by atoms with E-state index in [1.165, 1.54) is 6.07 Å². The fourth-order valence-corrected chi connectivity index (χ4v) is 3.34. The van der Waals surface area contributed by atoms with E-state index in [9.17, 15) is 9.18 Å². The first kappa shape index (κ1) is 13.1. The summed E-state index contributed by atoms with van der Waals surface area (Å²) in [6, 6.07) is 12.8. The lowest BCUT2D eigenvalue weighted by Crippen LogP contribution is -2.35. The Labute approximate surface area is 127 Å². The van der Waals surface area contributed by atoms with Crippen molar-refractivity contribution in [3.8, 4) is 11.1 Å². The molecule has 0 atom stereocenters. The van der Waals surface area contributed by atoms with Gasteiger partial charge in [-0.15, -0.1) is 0 Å². The Balaban J connectivity index is 2.14. The third-order valence-electron chi connectivity index (χ3n) is 4.29. The Hall–Kier alpha value is -2.62. The molecular weight excluding hydrogens is 279 g/mol. The van der Waals surface area contributed by atoms with Crippen LogP contribution in [0.15, 0.2) is 42.5 Å². The number of carbonyl (C=O) groups excluding carboxylic acids is 1. The summed E-state index contributed by atoms with van der Waals surface area (Å²) < 4.78 is 16.1. The van der Waals surface area contributed by atoms with Crippen LogP contribution in [-0.4, -0.2) is 17.0 Å². The minimum Gasteiger partial charge on any atom is -0.349 e. The van der Waals surface area contributed by atoms with E-state index in [4.69, 9.17) is 0 Å². The first-order valence-corrected chi connectivity index (χ1v) is 7.33. The Morgan fingerprint density at radius 2 is 1.95 bits per heavy atom. The molecule has 1 aliphatic heterocycles. The van der Waals surface area contributed by atoms with E-state index in [0.717, 1.165) is 27.6 Å². The van der Waals surface area contributed by atoms with Gasteiger partial charge >= 0.3 is 0 Å². The van der Waals surface area contributed by atoms with E-state index in [1.54, 1.807) is 6.07 Å². The van der Waals surface area contributed by atoms with Crippen LogP contribution in [0.2, 0.25) is 0 Å². The summed E-state index contributed by atoms with van der Waals surface area (Å²) in [5, 5.41) is 3.67. The number of hydrogen-bond acceptors (Lipinski definition) is 1. The minimum atomic E-state index is -0.280. The molecule has 0 radical (unpaired) electrons. The summed E-state index contributed by atoms with van der Waals surface area (Å²) in [7, 11) is 0. The lowest BCUT2D eigenvalue weighted by molar-refractivity contribution is 0.0928. The SMILES string of the molecule is Cc1c2n(c3c(-c4ccccc4)cc(F)cc13)CCNC2=O. The van der Waals surface area contributed by atoms with Gasteiger partial charge in [0.25, 0.3) is 5.91 Å². The predicted molar refractivity (Wildman–Crippen MR) is 84.4 cm³/mol. The first-order valence-electron chi connectivity index (χ1n) is 7.33. The normalized spacial score (nSPS) is 14.0. The average molecular weight is 294 g/mol. The van der Waals surface area contributed by atoms with Crippen LogP contribution in [0.1, 0.15) is 16.1 Å². The topological polar surface area (TPSA) is 34.0 Å². The largest absolute Gasteiger partial charge is 0.349 e. The molecule has 0 unspecified atom stereocenters. The third-order valence-corrected chi connectivity index (χ3v) is 4.29. The molecule has 0 fully saturated rings.